The Hall–Kier alpha value is -4.30. The smallest absolute Gasteiger partial charge is 0.255 e. The summed E-state index contributed by atoms with van der Waals surface area (Å²) in [7, 11) is 1.65. The average Bonchev–Trinajstić information content (AvgIpc) is 3.45. The van der Waals surface area contributed by atoms with Crippen molar-refractivity contribution < 1.29 is 19.1 Å². The summed E-state index contributed by atoms with van der Waals surface area (Å²) in [5.41, 5.74) is 4.05. The lowest BCUT2D eigenvalue weighted by Crippen LogP contribution is -2.69. The second-order valence-corrected chi connectivity index (χ2v) is 13.1. The molecule has 2 saturated heterocycles. The Labute approximate surface area is 264 Å². The predicted molar refractivity (Wildman–Crippen MR) is 174 cm³/mol. The Kier molecular flexibility index (Phi) is 7.56. The van der Waals surface area contributed by atoms with E-state index in [9.17, 15) is 9.59 Å². The van der Waals surface area contributed by atoms with Crippen LogP contribution in [0.25, 0.3) is 10.9 Å². The van der Waals surface area contributed by atoms with Crippen molar-refractivity contribution in [3.63, 3.8) is 0 Å². The zero-order chi connectivity index (χ0) is 31.3. The molecule has 2 amide bonds. The number of hydrogen-bond donors (Lipinski definition) is 1. The van der Waals surface area contributed by atoms with Crippen molar-refractivity contribution in [2.45, 2.75) is 63.8 Å². The van der Waals surface area contributed by atoms with Gasteiger partial charge in [-0.05, 0) is 68.5 Å². The molecule has 4 heterocycles. The summed E-state index contributed by atoms with van der Waals surface area (Å²) in [4.78, 5) is 38.6. The second-order valence-electron chi connectivity index (χ2n) is 13.1. The van der Waals surface area contributed by atoms with Crippen LogP contribution < -0.4 is 9.47 Å². The highest BCUT2D eigenvalue weighted by molar-refractivity contribution is 6.01. The van der Waals surface area contributed by atoms with Gasteiger partial charge in [0.05, 0.1) is 18.9 Å². The Morgan fingerprint density at radius 2 is 1.69 bits per heavy atom. The van der Waals surface area contributed by atoms with Gasteiger partial charge in [-0.25, -0.2) is 0 Å². The number of nitrogens with zero attached hydrogens (tertiary/aromatic N) is 3. The van der Waals surface area contributed by atoms with Gasteiger partial charge in [0, 0.05) is 49.0 Å². The molecule has 3 aliphatic rings. The van der Waals surface area contributed by atoms with Gasteiger partial charge < -0.3 is 24.3 Å². The van der Waals surface area contributed by atoms with Crippen molar-refractivity contribution in [2.75, 3.05) is 33.3 Å². The van der Waals surface area contributed by atoms with Gasteiger partial charge in [0.15, 0.2) is 17.0 Å². The average molecular weight is 607 g/mol. The molecule has 1 N–H and O–H groups in total. The molecule has 2 atom stereocenters. The van der Waals surface area contributed by atoms with Gasteiger partial charge in [-0.3, -0.25) is 14.5 Å². The first-order valence-electron chi connectivity index (χ1n) is 16.1. The summed E-state index contributed by atoms with van der Waals surface area (Å²) in [5, 5.41) is 1.08. The number of para-hydroxylation sites is 1. The SMILES string of the molecule is COc1cc(C2CN3C(=O)CN(C4CCN(Cc5ccccc5)CC4)C(=O)C3(C)c3[nH]c4ccccc4c32)ccc1OC(C)C. The van der Waals surface area contributed by atoms with E-state index in [0.717, 1.165) is 60.2 Å². The van der Waals surface area contributed by atoms with E-state index in [2.05, 4.69) is 46.3 Å². The summed E-state index contributed by atoms with van der Waals surface area (Å²) >= 11 is 0. The van der Waals surface area contributed by atoms with Gasteiger partial charge in [-0.2, -0.15) is 0 Å². The summed E-state index contributed by atoms with van der Waals surface area (Å²) in [6, 6.07) is 24.8. The van der Waals surface area contributed by atoms with Gasteiger partial charge in [-0.1, -0.05) is 54.6 Å². The topological polar surface area (TPSA) is 78.1 Å². The van der Waals surface area contributed by atoms with Crippen LogP contribution in [0.2, 0.25) is 0 Å². The fraction of sp³-hybridized carbons (Fsp3) is 0.405. The summed E-state index contributed by atoms with van der Waals surface area (Å²) in [5.74, 6) is 1.20. The molecule has 8 heteroatoms. The molecule has 3 aliphatic heterocycles. The second kappa shape index (κ2) is 11.6. The Morgan fingerprint density at radius 1 is 0.956 bits per heavy atom. The molecule has 0 bridgehead atoms. The van der Waals surface area contributed by atoms with Crippen LogP contribution in [-0.4, -0.2) is 76.9 Å². The molecule has 2 unspecified atom stereocenters. The maximum absolute atomic E-state index is 14.7. The molecule has 1 aromatic heterocycles. The number of piperidine rings is 1. The zero-order valence-electron chi connectivity index (χ0n) is 26.6. The van der Waals surface area contributed by atoms with E-state index in [0.29, 0.717) is 18.0 Å². The zero-order valence-corrected chi connectivity index (χ0v) is 26.6. The van der Waals surface area contributed by atoms with Gasteiger partial charge >= 0.3 is 0 Å². The van der Waals surface area contributed by atoms with Crippen LogP contribution in [0.3, 0.4) is 0 Å². The van der Waals surface area contributed by atoms with Crippen LogP contribution in [0.4, 0.5) is 0 Å². The minimum absolute atomic E-state index is 0.00753. The molecule has 0 aliphatic carbocycles. The number of aromatic amines is 1. The van der Waals surface area contributed by atoms with Crippen molar-refractivity contribution in [3.05, 3.63) is 95.2 Å². The number of likely N-dealkylation sites (tertiary alicyclic amines) is 1. The molecule has 234 valence electrons. The number of H-pyrrole nitrogens is 1. The minimum Gasteiger partial charge on any atom is -0.493 e. The van der Waals surface area contributed by atoms with Crippen LogP contribution in [0, 0.1) is 0 Å². The van der Waals surface area contributed by atoms with E-state index in [1.165, 1.54) is 5.56 Å². The van der Waals surface area contributed by atoms with E-state index in [4.69, 9.17) is 9.47 Å². The summed E-state index contributed by atoms with van der Waals surface area (Å²) in [6.45, 7) is 9.15. The molecule has 0 radical (unpaired) electrons. The largest absolute Gasteiger partial charge is 0.493 e. The number of methoxy groups -OCH3 is 1. The molecule has 3 aromatic carbocycles. The highest BCUT2D eigenvalue weighted by Gasteiger charge is 2.57. The number of nitrogens with one attached hydrogen (secondary N) is 1. The number of carbonyl (C=O) groups is 2. The van der Waals surface area contributed by atoms with E-state index in [1.807, 2.05) is 67.0 Å². The van der Waals surface area contributed by atoms with E-state index in [-0.39, 0.29) is 36.4 Å². The van der Waals surface area contributed by atoms with E-state index < -0.39 is 5.54 Å². The molecule has 8 nitrogen and oxygen atoms in total. The highest BCUT2D eigenvalue weighted by Crippen LogP contribution is 2.49. The number of fused-ring (bicyclic) bond motifs is 5. The van der Waals surface area contributed by atoms with E-state index in [1.54, 1.807) is 7.11 Å². The third-order valence-electron chi connectivity index (χ3n) is 9.97. The molecule has 2 fully saturated rings. The maximum atomic E-state index is 14.7. The monoisotopic (exact) mass is 606 g/mol. The Morgan fingerprint density at radius 3 is 2.42 bits per heavy atom. The number of benzene rings is 3. The van der Waals surface area contributed by atoms with Crippen molar-refractivity contribution in [1.82, 2.24) is 19.7 Å². The highest BCUT2D eigenvalue weighted by atomic mass is 16.5. The number of piperazine rings is 1. The first-order chi connectivity index (χ1) is 21.8. The number of amides is 2. The lowest BCUT2D eigenvalue weighted by atomic mass is 9.76. The first kappa shape index (κ1) is 29.4. The lowest BCUT2D eigenvalue weighted by molar-refractivity contribution is -0.169. The van der Waals surface area contributed by atoms with Crippen molar-refractivity contribution in [3.8, 4) is 11.5 Å². The molecule has 4 aromatic rings. The van der Waals surface area contributed by atoms with Crippen LogP contribution in [0.5, 0.6) is 11.5 Å². The molecule has 7 rings (SSSR count). The Balaban J connectivity index is 1.22. The lowest BCUT2D eigenvalue weighted by Gasteiger charge is -2.53. The number of aromatic nitrogens is 1. The molecular weight excluding hydrogens is 564 g/mol. The van der Waals surface area contributed by atoms with E-state index >= 15 is 0 Å². The number of ether oxygens (including phenoxy) is 2. The van der Waals surface area contributed by atoms with Crippen LogP contribution in [-0.2, 0) is 21.7 Å². The standard InChI is InChI=1S/C37H42N4O4/c1-24(2)45-31-15-14-26(20-32(31)44-4)29-22-41-33(42)23-40(27-16-18-39(19-17-27)21-25-10-6-5-7-11-25)36(43)37(41,3)35-34(29)28-12-8-9-13-30(28)38-35/h5-15,20,24,27,29,38H,16-19,21-23H2,1-4H3. The summed E-state index contributed by atoms with van der Waals surface area (Å²) in [6.07, 6.45) is 1.72. The maximum Gasteiger partial charge on any atom is 0.255 e. The third kappa shape index (κ3) is 5.05. The quantitative estimate of drug-likeness (QED) is 0.294. The molecule has 0 spiro atoms. The van der Waals surface area contributed by atoms with Crippen LogP contribution in [0.1, 0.15) is 61.9 Å². The normalized spacial score (nSPS) is 22.6. The van der Waals surface area contributed by atoms with Gasteiger partial charge in [0.1, 0.15) is 6.54 Å². The van der Waals surface area contributed by atoms with Crippen LogP contribution in [0.15, 0.2) is 72.8 Å². The van der Waals surface area contributed by atoms with Crippen LogP contribution >= 0.6 is 0 Å². The Bertz CT molecular complexity index is 1730. The minimum atomic E-state index is -1.12. The van der Waals surface area contributed by atoms with Gasteiger partial charge in [0.2, 0.25) is 5.91 Å². The number of rotatable bonds is 7. The third-order valence-corrected chi connectivity index (χ3v) is 9.97. The molecule has 45 heavy (non-hydrogen) atoms. The predicted octanol–water partition coefficient (Wildman–Crippen LogP) is 5.66. The molecular formula is C37H42N4O4. The summed E-state index contributed by atoms with van der Waals surface area (Å²) < 4.78 is 11.7. The van der Waals surface area contributed by atoms with Gasteiger partial charge in [0.25, 0.3) is 5.91 Å². The fourth-order valence-corrected chi connectivity index (χ4v) is 7.71. The fourth-order valence-electron chi connectivity index (χ4n) is 7.71. The van der Waals surface area contributed by atoms with Crippen molar-refractivity contribution in [2.24, 2.45) is 0 Å². The number of hydrogen-bond acceptors (Lipinski definition) is 5. The number of carbonyl (C=O) groups excluding carboxylic acids is 2. The molecule has 0 saturated carbocycles. The van der Waals surface area contributed by atoms with Crippen molar-refractivity contribution >= 4 is 22.7 Å². The van der Waals surface area contributed by atoms with Crippen molar-refractivity contribution in [1.29, 1.82) is 0 Å². The first-order valence-corrected chi connectivity index (χ1v) is 16.1. The van der Waals surface area contributed by atoms with Gasteiger partial charge in [-0.15, -0.1) is 0 Å².